The van der Waals surface area contributed by atoms with Gasteiger partial charge in [-0.05, 0) is 145 Å². The minimum absolute atomic E-state index is 0.00597. The molecule has 0 aromatic rings. The van der Waals surface area contributed by atoms with Gasteiger partial charge in [-0.15, -0.1) is 0 Å². The van der Waals surface area contributed by atoms with E-state index in [1.54, 1.807) is 6.92 Å². The molecule has 0 aromatic heterocycles. The van der Waals surface area contributed by atoms with E-state index < -0.39 is 64.1 Å². The number of fused-ring (bicyclic) bond motifs is 9. The Labute approximate surface area is 419 Å². The van der Waals surface area contributed by atoms with E-state index in [0.717, 1.165) is 32.1 Å². The third-order valence-corrected chi connectivity index (χ3v) is 23.5. The van der Waals surface area contributed by atoms with Gasteiger partial charge in [0.2, 0.25) is 0 Å². The highest BCUT2D eigenvalue weighted by Gasteiger charge is 2.70. The summed E-state index contributed by atoms with van der Waals surface area (Å²) in [6, 6.07) is 0. The summed E-state index contributed by atoms with van der Waals surface area (Å²) in [6.07, 6.45) is 11.0. The number of aliphatic hydroxyl groups excluding tert-OH is 3. The lowest BCUT2D eigenvalue weighted by molar-refractivity contribution is -0.163. The van der Waals surface area contributed by atoms with Crippen LogP contribution in [0.3, 0.4) is 0 Å². The van der Waals surface area contributed by atoms with E-state index in [-0.39, 0.29) is 88.4 Å². The van der Waals surface area contributed by atoms with E-state index >= 15 is 0 Å². The molecule has 70 heavy (non-hydrogen) atoms. The van der Waals surface area contributed by atoms with Crippen LogP contribution < -0.4 is 0 Å². The SMILES string of the molecule is C[C@H](CC[C@H](O)[C@](C)(O)COC(=O)[C@@H](C)CC(=O)C[C@@H](C)[C@H]1C[C@@H](O)[C@@]2(C)C3=C(C(=O)C[C@]12C)[C@@]1(C)CC[C@@H](O)C(C)(C)[C@@H]1CC3=O)[C@H]1CC[C@@]2(C)C3=CC[C@H]4C(C)(C)C(=O)CC[C@]4(C)C3=CC[C@]12C. The Kier molecular flexibility index (Phi) is 13.3. The molecular weight excluding hydrogens is 881 g/mol. The van der Waals surface area contributed by atoms with Crippen molar-refractivity contribution in [3.8, 4) is 0 Å². The van der Waals surface area contributed by atoms with Gasteiger partial charge in [-0.2, -0.15) is 0 Å². The van der Waals surface area contributed by atoms with Crippen LogP contribution in [0, 0.1) is 84.7 Å². The highest BCUT2D eigenvalue weighted by Crippen LogP contribution is 2.73. The second-order valence-electron chi connectivity index (χ2n) is 27.8. The fraction of sp³-hybridized carbons (Fsp3) is 0.817. The van der Waals surface area contributed by atoms with Crippen molar-refractivity contribution in [3.63, 3.8) is 0 Å². The molecule has 10 nitrogen and oxygen atoms in total. The maximum atomic E-state index is 14.5. The lowest BCUT2D eigenvalue weighted by atomic mass is 9.42. The fourth-order valence-electron chi connectivity index (χ4n) is 18.3. The smallest absolute Gasteiger partial charge is 0.309 e. The molecule has 0 aliphatic heterocycles. The van der Waals surface area contributed by atoms with Crippen molar-refractivity contribution in [2.75, 3.05) is 6.61 Å². The molecule has 0 saturated heterocycles. The molecule has 8 aliphatic rings. The highest BCUT2D eigenvalue weighted by atomic mass is 16.5. The molecule has 4 saturated carbocycles. The Morgan fingerprint density at radius 1 is 0.757 bits per heavy atom. The number of esters is 1. The van der Waals surface area contributed by atoms with Gasteiger partial charge in [0.05, 0.1) is 24.2 Å². The predicted octanol–water partition coefficient (Wildman–Crippen LogP) is 10.2. The number of hydrogen-bond acceptors (Lipinski definition) is 10. The Bertz CT molecular complexity index is 2300. The Hall–Kier alpha value is -2.79. The van der Waals surface area contributed by atoms with Crippen LogP contribution in [0.2, 0.25) is 0 Å². The minimum atomic E-state index is -1.69. The highest BCUT2D eigenvalue weighted by molar-refractivity contribution is 6.11. The van der Waals surface area contributed by atoms with Crippen molar-refractivity contribution in [2.45, 2.75) is 217 Å². The van der Waals surface area contributed by atoms with Crippen LogP contribution in [0.15, 0.2) is 34.4 Å². The van der Waals surface area contributed by atoms with Crippen LogP contribution in [0.5, 0.6) is 0 Å². The van der Waals surface area contributed by atoms with Gasteiger partial charge in [0.15, 0.2) is 11.6 Å². The number of ether oxygens (including phenoxy) is 1. The second-order valence-corrected chi connectivity index (χ2v) is 27.8. The van der Waals surface area contributed by atoms with Crippen molar-refractivity contribution in [3.05, 3.63) is 34.4 Å². The molecule has 390 valence electrons. The first kappa shape index (κ1) is 53.5. The standard InChI is InChI=1S/C60H90O10/c1-33(37-19-25-57(11)39-16-17-43-52(4,5)45(64)21-23-54(43,8)38(39)20-26-56(37,57)10)15-18-47(66)59(13,69)32-70-51(68)35(3)28-36(61)27-34(2)40-29-48(67)60(14)50-41(62)30-44-53(6,7)46(65)22-24-55(44,9)49(50)42(63)31-58(40,60)12/h16,20,33-35,37,40,43-44,46-48,65-67,69H,15,17-19,21-32H2,1-14H3/t33-,34-,35+,37-,40-,43+,44+,46-,47+,48-,54-,55+,56-,57+,58-,59-,60+/m1/s1. The Morgan fingerprint density at radius 2 is 1.43 bits per heavy atom. The summed E-state index contributed by atoms with van der Waals surface area (Å²) in [7, 11) is 0. The molecule has 0 aromatic carbocycles. The molecule has 0 bridgehead atoms. The molecule has 8 rings (SSSR count). The van der Waals surface area contributed by atoms with Crippen LogP contribution in [0.4, 0.5) is 0 Å². The summed E-state index contributed by atoms with van der Waals surface area (Å²) >= 11 is 0. The zero-order chi connectivity index (χ0) is 51.9. The van der Waals surface area contributed by atoms with Crippen LogP contribution in [-0.4, -0.2) is 80.0 Å². The van der Waals surface area contributed by atoms with E-state index in [1.165, 1.54) is 18.1 Å². The predicted molar refractivity (Wildman–Crippen MR) is 270 cm³/mol. The van der Waals surface area contributed by atoms with Gasteiger partial charge in [0.25, 0.3) is 0 Å². The summed E-state index contributed by atoms with van der Waals surface area (Å²) in [4.78, 5) is 69.0. The summed E-state index contributed by atoms with van der Waals surface area (Å²) in [6.45, 7) is 28.6. The van der Waals surface area contributed by atoms with Crippen LogP contribution in [0.25, 0.3) is 0 Å². The molecule has 0 heterocycles. The topological polar surface area (TPSA) is 175 Å². The number of hydrogen-bond donors (Lipinski definition) is 4. The van der Waals surface area contributed by atoms with Crippen molar-refractivity contribution in [1.29, 1.82) is 0 Å². The number of Topliss-reactive ketones (excluding diaryl/α,β-unsaturated/α-hetero) is 4. The van der Waals surface area contributed by atoms with E-state index in [2.05, 4.69) is 60.6 Å². The van der Waals surface area contributed by atoms with Crippen molar-refractivity contribution in [2.24, 2.45) is 84.7 Å². The molecule has 10 heteroatoms. The van der Waals surface area contributed by atoms with Crippen LogP contribution >= 0.6 is 0 Å². The number of ketones is 4. The summed E-state index contributed by atoms with van der Waals surface area (Å²) in [5, 5.41) is 45.8. The van der Waals surface area contributed by atoms with E-state index in [1.807, 2.05) is 34.6 Å². The molecule has 17 atom stereocenters. The monoisotopic (exact) mass is 971 g/mol. The molecule has 4 N–H and O–H groups in total. The number of rotatable bonds is 13. The minimum Gasteiger partial charge on any atom is -0.462 e. The van der Waals surface area contributed by atoms with Gasteiger partial charge < -0.3 is 25.2 Å². The third-order valence-electron chi connectivity index (χ3n) is 23.5. The quantitative estimate of drug-likeness (QED) is 0.130. The number of carbonyl (C=O) groups excluding carboxylic acids is 5. The van der Waals surface area contributed by atoms with Gasteiger partial charge in [0, 0.05) is 59.5 Å². The lowest BCUT2D eigenvalue weighted by Gasteiger charge is -2.60. The first-order valence-corrected chi connectivity index (χ1v) is 27.4. The van der Waals surface area contributed by atoms with Crippen molar-refractivity contribution < 1.29 is 49.1 Å². The Morgan fingerprint density at radius 3 is 2.10 bits per heavy atom. The third kappa shape index (κ3) is 7.59. The molecule has 4 fully saturated rings. The van der Waals surface area contributed by atoms with Crippen LogP contribution in [0.1, 0.15) is 193 Å². The molecule has 0 spiro atoms. The van der Waals surface area contributed by atoms with E-state index in [0.29, 0.717) is 67.3 Å². The van der Waals surface area contributed by atoms with Gasteiger partial charge >= 0.3 is 5.97 Å². The molecule has 0 amide bonds. The first-order valence-electron chi connectivity index (χ1n) is 27.4. The summed E-state index contributed by atoms with van der Waals surface area (Å²) in [5.74, 6) is -1.03. The average molecular weight is 971 g/mol. The molecule has 0 radical (unpaired) electrons. The van der Waals surface area contributed by atoms with E-state index in [9.17, 15) is 44.4 Å². The van der Waals surface area contributed by atoms with Gasteiger partial charge in [0.1, 0.15) is 23.8 Å². The maximum absolute atomic E-state index is 14.5. The van der Waals surface area contributed by atoms with Gasteiger partial charge in [-0.1, -0.05) is 102 Å². The van der Waals surface area contributed by atoms with Gasteiger partial charge in [-0.25, -0.2) is 0 Å². The number of carbonyl (C=O) groups is 5. The fourth-order valence-corrected chi connectivity index (χ4v) is 18.3. The molecule has 0 unspecified atom stereocenters. The number of aliphatic hydroxyl groups is 4. The van der Waals surface area contributed by atoms with Gasteiger partial charge in [-0.3, -0.25) is 24.0 Å². The summed E-state index contributed by atoms with van der Waals surface area (Å²) < 4.78 is 5.61. The normalized spacial score (nSPS) is 43.1. The summed E-state index contributed by atoms with van der Waals surface area (Å²) in [5.41, 5.74) is -0.889. The zero-order valence-electron chi connectivity index (χ0n) is 45.5. The molecule has 8 aliphatic carbocycles. The zero-order valence-corrected chi connectivity index (χ0v) is 45.5. The average Bonchev–Trinajstić information content (AvgIpc) is 3.67. The second kappa shape index (κ2) is 17.4. The van der Waals surface area contributed by atoms with Crippen molar-refractivity contribution >= 4 is 29.1 Å². The largest absolute Gasteiger partial charge is 0.462 e. The van der Waals surface area contributed by atoms with Crippen LogP contribution in [-0.2, 0) is 28.7 Å². The van der Waals surface area contributed by atoms with E-state index in [4.69, 9.17) is 4.74 Å². The lowest BCUT2D eigenvalue weighted by Crippen LogP contribution is -2.60. The maximum Gasteiger partial charge on any atom is 0.309 e. The Balaban J connectivity index is 0.845. The first-order chi connectivity index (χ1) is 32.2. The molecular formula is C60H90O10. The number of allylic oxidation sites excluding steroid dienone is 5. The van der Waals surface area contributed by atoms with Crippen molar-refractivity contribution in [1.82, 2.24) is 0 Å².